The fourth-order valence-corrected chi connectivity index (χ4v) is 2.79. The molecule has 0 saturated heterocycles. The van der Waals surface area contributed by atoms with Crippen LogP contribution in [0.25, 0.3) is 11.0 Å². The van der Waals surface area contributed by atoms with Crippen LogP contribution in [-0.4, -0.2) is 18.4 Å². The van der Waals surface area contributed by atoms with Gasteiger partial charge in [-0.3, -0.25) is 0 Å². The van der Waals surface area contributed by atoms with E-state index in [0.29, 0.717) is 15.5 Å². The van der Waals surface area contributed by atoms with Crippen LogP contribution in [0.3, 0.4) is 0 Å². The Hall–Kier alpha value is -0.590. The summed E-state index contributed by atoms with van der Waals surface area (Å²) in [5.41, 5.74) is 0.974. The van der Waals surface area contributed by atoms with Crippen LogP contribution in [0.5, 0.6) is 0 Å². The Morgan fingerprint density at radius 2 is 2.14 bits per heavy atom. The number of imidazole rings is 1. The van der Waals surface area contributed by atoms with Crippen molar-refractivity contribution in [2.45, 2.75) is 4.90 Å². The molecule has 4 nitrogen and oxygen atoms in total. The summed E-state index contributed by atoms with van der Waals surface area (Å²) in [6.07, 6.45) is 1.42. The summed E-state index contributed by atoms with van der Waals surface area (Å²) in [5, 5.41) is 0. The number of benzene rings is 1. The normalized spacial score (nSPS) is 12.1. The van der Waals surface area contributed by atoms with Gasteiger partial charge in [0.1, 0.15) is 10.4 Å². The zero-order valence-electron chi connectivity index (χ0n) is 6.66. The first-order valence-electron chi connectivity index (χ1n) is 3.56. The molecule has 0 aliphatic heterocycles. The Balaban J connectivity index is 2.94. The molecule has 0 unspecified atom stereocenters. The van der Waals surface area contributed by atoms with Gasteiger partial charge in [-0.2, -0.15) is 0 Å². The van der Waals surface area contributed by atoms with E-state index in [1.165, 1.54) is 12.4 Å². The number of halogens is 2. The van der Waals surface area contributed by atoms with Crippen LogP contribution in [0.1, 0.15) is 0 Å². The summed E-state index contributed by atoms with van der Waals surface area (Å²) in [6, 6.07) is 3.15. The highest BCUT2D eigenvalue weighted by atomic mass is 79.9. The molecule has 14 heavy (non-hydrogen) atoms. The monoisotopic (exact) mass is 294 g/mol. The number of nitrogens with one attached hydrogen (secondary N) is 1. The zero-order chi connectivity index (χ0) is 10.3. The van der Waals surface area contributed by atoms with Gasteiger partial charge in [0.25, 0.3) is 9.05 Å². The van der Waals surface area contributed by atoms with Gasteiger partial charge in [-0.1, -0.05) is 15.9 Å². The van der Waals surface area contributed by atoms with E-state index in [9.17, 15) is 8.42 Å². The molecule has 1 aromatic heterocycles. The molecule has 0 bridgehead atoms. The highest BCUT2D eigenvalue weighted by molar-refractivity contribution is 9.10. The van der Waals surface area contributed by atoms with Crippen molar-refractivity contribution in [2.75, 3.05) is 0 Å². The number of H-pyrrole nitrogens is 1. The molecule has 1 heterocycles. The van der Waals surface area contributed by atoms with Gasteiger partial charge >= 0.3 is 0 Å². The minimum absolute atomic E-state index is 0.00444. The molecule has 0 radical (unpaired) electrons. The molecule has 0 aliphatic carbocycles. The first-order chi connectivity index (χ1) is 6.48. The van der Waals surface area contributed by atoms with Crippen LogP contribution in [0.4, 0.5) is 0 Å². The summed E-state index contributed by atoms with van der Waals surface area (Å²) in [4.78, 5) is 6.70. The smallest absolute Gasteiger partial charge is 0.263 e. The molecule has 0 saturated carbocycles. The third kappa shape index (κ3) is 1.65. The molecule has 0 aliphatic rings. The van der Waals surface area contributed by atoms with E-state index >= 15 is 0 Å². The van der Waals surface area contributed by atoms with Crippen LogP contribution in [-0.2, 0) is 9.05 Å². The average Bonchev–Trinajstić information content (AvgIpc) is 2.47. The maximum Gasteiger partial charge on any atom is 0.263 e. The lowest BCUT2D eigenvalue weighted by Crippen LogP contribution is -1.92. The lowest BCUT2D eigenvalue weighted by atomic mass is 10.3. The second-order valence-corrected chi connectivity index (χ2v) is 6.09. The number of rotatable bonds is 1. The van der Waals surface area contributed by atoms with Crippen LogP contribution in [0.2, 0.25) is 0 Å². The predicted octanol–water partition coefficient (Wildman–Crippen LogP) is 2.25. The number of fused-ring (bicyclic) bond motifs is 1. The standard InChI is InChI=1S/C7H4BrClN2O2S/c8-4-1-5-7(11-3-10-5)6(2-4)14(9,12)13/h1-3H,(H,10,11). The summed E-state index contributed by atoms with van der Waals surface area (Å²) in [6.45, 7) is 0. The van der Waals surface area contributed by atoms with E-state index in [-0.39, 0.29) is 4.90 Å². The fraction of sp³-hybridized carbons (Fsp3) is 0. The van der Waals surface area contributed by atoms with Gasteiger partial charge in [0.05, 0.1) is 11.8 Å². The second kappa shape index (κ2) is 3.22. The fourth-order valence-electron chi connectivity index (χ4n) is 1.17. The molecule has 0 fully saturated rings. The minimum atomic E-state index is -3.76. The third-order valence-corrected chi connectivity index (χ3v) is 3.51. The van der Waals surface area contributed by atoms with E-state index in [0.717, 1.165) is 0 Å². The van der Waals surface area contributed by atoms with Gasteiger partial charge in [-0.25, -0.2) is 13.4 Å². The zero-order valence-corrected chi connectivity index (χ0v) is 9.82. The molecule has 0 spiro atoms. The molecule has 0 atom stereocenters. The van der Waals surface area contributed by atoms with Crippen molar-refractivity contribution in [3.63, 3.8) is 0 Å². The predicted molar refractivity (Wildman–Crippen MR) is 56.8 cm³/mol. The molecule has 1 aromatic carbocycles. The van der Waals surface area contributed by atoms with Crippen molar-refractivity contribution in [3.8, 4) is 0 Å². The van der Waals surface area contributed by atoms with Crippen molar-refractivity contribution < 1.29 is 8.42 Å². The van der Waals surface area contributed by atoms with Crippen LogP contribution >= 0.6 is 26.6 Å². The van der Waals surface area contributed by atoms with Gasteiger partial charge in [-0.05, 0) is 12.1 Å². The topological polar surface area (TPSA) is 62.8 Å². The lowest BCUT2D eigenvalue weighted by Gasteiger charge is -1.98. The highest BCUT2D eigenvalue weighted by Crippen LogP contribution is 2.27. The average molecular weight is 296 g/mol. The minimum Gasteiger partial charge on any atom is -0.345 e. The molecule has 74 valence electrons. The van der Waals surface area contributed by atoms with Crippen molar-refractivity contribution in [1.82, 2.24) is 9.97 Å². The SMILES string of the molecule is O=S(=O)(Cl)c1cc(Br)cc2[nH]cnc12. The Labute approximate surface area is 92.8 Å². The van der Waals surface area contributed by atoms with E-state index in [4.69, 9.17) is 10.7 Å². The van der Waals surface area contributed by atoms with Crippen molar-refractivity contribution >= 4 is 46.7 Å². The van der Waals surface area contributed by atoms with Crippen LogP contribution in [0.15, 0.2) is 27.8 Å². The third-order valence-electron chi connectivity index (χ3n) is 1.72. The molecule has 2 aromatic rings. The van der Waals surface area contributed by atoms with Crippen molar-refractivity contribution in [3.05, 3.63) is 22.9 Å². The van der Waals surface area contributed by atoms with E-state index < -0.39 is 9.05 Å². The number of nitrogens with zero attached hydrogens (tertiary/aromatic N) is 1. The van der Waals surface area contributed by atoms with Gasteiger partial charge in [0.2, 0.25) is 0 Å². The molecular weight excluding hydrogens is 292 g/mol. The Kier molecular flexibility index (Phi) is 2.29. The van der Waals surface area contributed by atoms with E-state index in [2.05, 4.69) is 25.9 Å². The van der Waals surface area contributed by atoms with Crippen molar-refractivity contribution in [2.24, 2.45) is 0 Å². The molecule has 7 heteroatoms. The lowest BCUT2D eigenvalue weighted by molar-refractivity contribution is 0.610. The summed E-state index contributed by atoms with van der Waals surface area (Å²) in [5.74, 6) is 0. The van der Waals surface area contributed by atoms with Gasteiger partial charge < -0.3 is 4.98 Å². The maximum atomic E-state index is 11.2. The van der Waals surface area contributed by atoms with Crippen molar-refractivity contribution in [1.29, 1.82) is 0 Å². The summed E-state index contributed by atoms with van der Waals surface area (Å²) in [7, 11) is 1.50. The van der Waals surface area contributed by atoms with E-state index in [1.54, 1.807) is 6.07 Å². The van der Waals surface area contributed by atoms with Crippen LogP contribution < -0.4 is 0 Å². The Morgan fingerprint density at radius 3 is 2.79 bits per heavy atom. The Bertz CT molecular complexity index is 593. The first kappa shape index (κ1) is 9.95. The molecule has 1 N–H and O–H groups in total. The van der Waals surface area contributed by atoms with E-state index in [1.807, 2.05) is 0 Å². The number of aromatic nitrogens is 2. The molecule has 2 rings (SSSR count). The van der Waals surface area contributed by atoms with Gasteiger partial charge in [-0.15, -0.1) is 0 Å². The number of hydrogen-bond donors (Lipinski definition) is 1. The largest absolute Gasteiger partial charge is 0.345 e. The molecular formula is C7H4BrClN2O2S. The first-order valence-corrected chi connectivity index (χ1v) is 6.66. The maximum absolute atomic E-state index is 11.2. The highest BCUT2D eigenvalue weighted by Gasteiger charge is 2.16. The number of aromatic amines is 1. The second-order valence-electron chi connectivity index (χ2n) is 2.64. The quantitative estimate of drug-likeness (QED) is 0.821. The van der Waals surface area contributed by atoms with Gasteiger partial charge in [0.15, 0.2) is 0 Å². The molecule has 0 amide bonds. The van der Waals surface area contributed by atoms with Gasteiger partial charge in [0, 0.05) is 15.2 Å². The van der Waals surface area contributed by atoms with Crippen LogP contribution in [0, 0.1) is 0 Å². The Morgan fingerprint density at radius 1 is 1.43 bits per heavy atom. The number of hydrogen-bond acceptors (Lipinski definition) is 3. The summed E-state index contributed by atoms with van der Waals surface area (Å²) < 4.78 is 23.0. The summed E-state index contributed by atoms with van der Waals surface area (Å²) >= 11 is 3.19.